The van der Waals surface area contributed by atoms with Crippen molar-refractivity contribution in [2.45, 2.75) is 46.7 Å². The smallest absolute Gasteiger partial charge is 0.255 e. The molecule has 0 saturated heterocycles. The van der Waals surface area contributed by atoms with Crippen LogP contribution >= 0.6 is 11.6 Å². The van der Waals surface area contributed by atoms with Crippen molar-refractivity contribution < 1.29 is 13.9 Å². The maximum atomic E-state index is 13.3. The first-order chi connectivity index (χ1) is 10.1. The van der Waals surface area contributed by atoms with E-state index in [0.29, 0.717) is 18.9 Å². The molecule has 0 atom stereocenters. The van der Waals surface area contributed by atoms with Crippen LogP contribution in [0.5, 0.6) is 5.75 Å². The summed E-state index contributed by atoms with van der Waals surface area (Å²) in [5, 5.41) is 3.08. The molecule has 1 aromatic carbocycles. The van der Waals surface area contributed by atoms with Crippen molar-refractivity contribution >= 4 is 17.5 Å². The van der Waals surface area contributed by atoms with E-state index in [1.807, 2.05) is 6.92 Å². The van der Waals surface area contributed by atoms with Gasteiger partial charge in [0.05, 0.1) is 12.2 Å². The molecule has 0 fully saturated rings. The lowest BCUT2D eigenvalue weighted by Crippen LogP contribution is -2.26. The second-order valence-corrected chi connectivity index (χ2v) is 5.29. The van der Waals surface area contributed by atoms with Gasteiger partial charge in [0.15, 0.2) is 0 Å². The largest absolute Gasteiger partial charge is 0.493 e. The van der Waals surface area contributed by atoms with E-state index in [2.05, 4.69) is 12.2 Å². The highest BCUT2D eigenvalue weighted by Gasteiger charge is 2.22. The molecule has 1 N–H and O–H groups in total. The highest BCUT2D eigenvalue weighted by Crippen LogP contribution is 2.33. The molecule has 5 heteroatoms. The summed E-state index contributed by atoms with van der Waals surface area (Å²) >= 11 is 6.06. The summed E-state index contributed by atoms with van der Waals surface area (Å²) in [6.45, 7) is 5.89. The Bertz CT molecular complexity index is 492. The third kappa shape index (κ3) is 4.60. The molecule has 0 bridgehead atoms. The minimum absolute atomic E-state index is 0.193. The van der Waals surface area contributed by atoms with E-state index >= 15 is 0 Å². The molecular formula is C16H23ClFNO2. The highest BCUT2D eigenvalue weighted by molar-refractivity contribution is 6.32. The number of rotatable bonds is 8. The number of ether oxygens (including phenoxy) is 1. The number of alkyl halides is 1. The summed E-state index contributed by atoms with van der Waals surface area (Å²) in [5.74, 6) is 0.0929. The van der Waals surface area contributed by atoms with Crippen LogP contribution in [-0.2, 0) is 6.67 Å². The maximum absolute atomic E-state index is 13.3. The zero-order valence-electron chi connectivity index (χ0n) is 12.9. The van der Waals surface area contributed by atoms with Gasteiger partial charge in [0.2, 0.25) is 0 Å². The monoisotopic (exact) mass is 315 g/mol. The number of carbonyl (C=O) groups is 1. The summed E-state index contributed by atoms with van der Waals surface area (Å²) in [6.07, 6.45) is 3.02. The van der Waals surface area contributed by atoms with E-state index in [4.69, 9.17) is 16.3 Å². The SMILES string of the molecule is CCCCCNC(=O)c1c(CF)c(Cl)cc(C)c1OCC. The van der Waals surface area contributed by atoms with Crippen LogP contribution in [0.1, 0.15) is 54.6 Å². The lowest BCUT2D eigenvalue weighted by Gasteiger charge is -2.17. The maximum Gasteiger partial charge on any atom is 0.255 e. The number of amides is 1. The Balaban J connectivity index is 3.08. The fourth-order valence-electron chi connectivity index (χ4n) is 2.16. The van der Waals surface area contributed by atoms with Gasteiger partial charge < -0.3 is 10.1 Å². The second-order valence-electron chi connectivity index (χ2n) is 4.89. The van der Waals surface area contributed by atoms with E-state index in [1.54, 1.807) is 13.0 Å². The molecule has 0 unspecified atom stereocenters. The molecule has 21 heavy (non-hydrogen) atoms. The molecular weight excluding hydrogens is 293 g/mol. The van der Waals surface area contributed by atoms with Gasteiger partial charge in [-0.25, -0.2) is 4.39 Å². The summed E-state index contributed by atoms with van der Waals surface area (Å²) < 4.78 is 18.8. The molecule has 0 radical (unpaired) electrons. The topological polar surface area (TPSA) is 38.3 Å². The summed E-state index contributed by atoms with van der Waals surface area (Å²) in [4.78, 5) is 12.4. The molecule has 0 spiro atoms. The Hall–Kier alpha value is -1.29. The van der Waals surface area contributed by atoms with Gasteiger partial charge >= 0.3 is 0 Å². The normalized spacial score (nSPS) is 10.5. The van der Waals surface area contributed by atoms with Crippen molar-refractivity contribution in [3.63, 3.8) is 0 Å². The number of aryl methyl sites for hydroxylation is 1. The molecule has 0 heterocycles. The zero-order valence-corrected chi connectivity index (χ0v) is 13.6. The molecule has 0 aromatic heterocycles. The molecule has 118 valence electrons. The minimum Gasteiger partial charge on any atom is -0.493 e. The van der Waals surface area contributed by atoms with Crippen molar-refractivity contribution in [3.8, 4) is 5.75 Å². The average Bonchev–Trinajstić information content (AvgIpc) is 2.45. The number of carbonyl (C=O) groups excluding carboxylic acids is 1. The number of benzene rings is 1. The average molecular weight is 316 g/mol. The van der Waals surface area contributed by atoms with E-state index < -0.39 is 6.67 Å². The van der Waals surface area contributed by atoms with E-state index in [-0.39, 0.29) is 22.1 Å². The van der Waals surface area contributed by atoms with Crippen molar-refractivity contribution in [1.29, 1.82) is 0 Å². The van der Waals surface area contributed by atoms with Crippen molar-refractivity contribution in [3.05, 3.63) is 27.8 Å². The first-order valence-electron chi connectivity index (χ1n) is 7.35. The predicted molar refractivity (Wildman–Crippen MR) is 84.0 cm³/mol. The van der Waals surface area contributed by atoms with Crippen LogP contribution in [0.4, 0.5) is 4.39 Å². The fraction of sp³-hybridized carbons (Fsp3) is 0.562. The number of hydrogen-bond donors (Lipinski definition) is 1. The molecule has 0 aliphatic rings. The summed E-state index contributed by atoms with van der Waals surface area (Å²) in [5.41, 5.74) is 1.15. The molecule has 1 rings (SSSR count). The number of halogens is 2. The van der Waals surface area contributed by atoms with Gasteiger partial charge in [0, 0.05) is 17.1 Å². The Labute approximate surface area is 130 Å². The summed E-state index contributed by atoms with van der Waals surface area (Å²) in [6, 6.07) is 1.63. The minimum atomic E-state index is -0.795. The molecule has 0 aliphatic carbocycles. The van der Waals surface area contributed by atoms with Crippen LogP contribution < -0.4 is 10.1 Å². The van der Waals surface area contributed by atoms with Gasteiger partial charge in [-0.05, 0) is 31.9 Å². The third-order valence-corrected chi connectivity index (χ3v) is 3.57. The molecule has 3 nitrogen and oxygen atoms in total. The fourth-order valence-corrected chi connectivity index (χ4v) is 2.47. The van der Waals surface area contributed by atoms with Gasteiger partial charge in [-0.2, -0.15) is 0 Å². The molecule has 0 saturated carbocycles. The van der Waals surface area contributed by atoms with Gasteiger partial charge in [0.1, 0.15) is 12.4 Å². The third-order valence-electron chi connectivity index (χ3n) is 3.23. The number of nitrogens with one attached hydrogen (secondary N) is 1. The van der Waals surface area contributed by atoms with Crippen molar-refractivity contribution in [2.75, 3.05) is 13.2 Å². The lowest BCUT2D eigenvalue weighted by molar-refractivity contribution is 0.0947. The Morgan fingerprint density at radius 1 is 1.38 bits per heavy atom. The van der Waals surface area contributed by atoms with E-state index in [0.717, 1.165) is 24.8 Å². The van der Waals surface area contributed by atoms with Crippen LogP contribution in [0, 0.1) is 6.92 Å². The Kier molecular flexibility index (Phi) is 7.51. The van der Waals surface area contributed by atoms with E-state index in [9.17, 15) is 9.18 Å². The van der Waals surface area contributed by atoms with Crippen LogP contribution in [0.2, 0.25) is 5.02 Å². The molecule has 0 aliphatic heterocycles. The Morgan fingerprint density at radius 3 is 2.67 bits per heavy atom. The Morgan fingerprint density at radius 2 is 2.10 bits per heavy atom. The number of unbranched alkanes of at least 4 members (excludes halogenated alkanes) is 2. The first kappa shape index (κ1) is 17.8. The lowest BCUT2D eigenvalue weighted by atomic mass is 10.0. The summed E-state index contributed by atoms with van der Waals surface area (Å²) in [7, 11) is 0. The molecule has 1 amide bonds. The van der Waals surface area contributed by atoms with Crippen LogP contribution in [-0.4, -0.2) is 19.1 Å². The zero-order chi connectivity index (χ0) is 15.8. The number of hydrogen-bond acceptors (Lipinski definition) is 2. The van der Waals surface area contributed by atoms with Gasteiger partial charge in [0.25, 0.3) is 5.91 Å². The van der Waals surface area contributed by atoms with Crippen molar-refractivity contribution in [1.82, 2.24) is 5.32 Å². The quantitative estimate of drug-likeness (QED) is 0.720. The van der Waals surface area contributed by atoms with Crippen LogP contribution in [0.3, 0.4) is 0 Å². The van der Waals surface area contributed by atoms with E-state index in [1.165, 1.54) is 0 Å². The van der Waals surface area contributed by atoms with Gasteiger partial charge in [-0.1, -0.05) is 31.4 Å². The standard InChI is InChI=1S/C16H23ClFNO2/c1-4-6-7-8-19-16(20)14-12(10-18)13(17)9-11(3)15(14)21-5-2/h9H,4-8,10H2,1-3H3,(H,19,20). The second kappa shape index (κ2) is 8.88. The van der Waals surface area contributed by atoms with Crippen molar-refractivity contribution in [2.24, 2.45) is 0 Å². The van der Waals surface area contributed by atoms with Crippen LogP contribution in [0.25, 0.3) is 0 Å². The molecule has 1 aromatic rings. The van der Waals surface area contributed by atoms with Gasteiger partial charge in [-0.3, -0.25) is 4.79 Å². The predicted octanol–water partition coefficient (Wildman–Crippen LogP) is 4.44. The first-order valence-corrected chi connectivity index (χ1v) is 7.73. The van der Waals surface area contributed by atoms with Crippen LogP contribution in [0.15, 0.2) is 6.07 Å². The van der Waals surface area contributed by atoms with Gasteiger partial charge in [-0.15, -0.1) is 0 Å². The highest BCUT2D eigenvalue weighted by atomic mass is 35.5.